The average molecular weight is 366 g/mol. The number of hydrogen-bond acceptors (Lipinski definition) is 3. The third-order valence-corrected chi connectivity index (χ3v) is 4.55. The number of anilines is 1. The van der Waals surface area contributed by atoms with Crippen LogP contribution in [-0.2, 0) is 16.2 Å². The van der Waals surface area contributed by atoms with Crippen LogP contribution in [0.1, 0.15) is 5.56 Å². The molecule has 2 aromatic carbocycles. The van der Waals surface area contributed by atoms with E-state index < -0.39 is 26.7 Å². The lowest BCUT2D eigenvalue weighted by molar-refractivity contribution is -0.139. The molecule has 2 aromatic rings. The minimum atomic E-state index is -4.87. The van der Waals surface area contributed by atoms with Gasteiger partial charge in [-0.1, -0.05) is 23.7 Å². The number of benzene rings is 2. The summed E-state index contributed by atoms with van der Waals surface area (Å²) < 4.78 is 70.9. The van der Waals surface area contributed by atoms with E-state index >= 15 is 0 Å². The van der Waals surface area contributed by atoms with E-state index in [0.717, 1.165) is 12.1 Å². The molecule has 23 heavy (non-hydrogen) atoms. The highest BCUT2D eigenvalue weighted by Gasteiger charge is 2.37. The van der Waals surface area contributed by atoms with Crippen LogP contribution >= 0.6 is 11.6 Å². The third-order valence-electron chi connectivity index (χ3n) is 2.89. The molecule has 0 radical (unpaired) electrons. The van der Waals surface area contributed by atoms with Gasteiger partial charge in [0, 0.05) is 5.02 Å². The fourth-order valence-corrected chi connectivity index (χ4v) is 3.34. The van der Waals surface area contributed by atoms with E-state index in [4.69, 9.17) is 16.3 Å². The van der Waals surface area contributed by atoms with Gasteiger partial charge in [-0.15, -0.1) is 0 Å². The number of hydrogen-bond donors (Lipinski definition) is 1. The van der Waals surface area contributed by atoms with Crippen LogP contribution in [0, 0.1) is 0 Å². The van der Waals surface area contributed by atoms with Crippen molar-refractivity contribution in [2.45, 2.75) is 11.1 Å². The average Bonchev–Trinajstić information content (AvgIpc) is 2.46. The molecule has 0 bridgehead atoms. The Morgan fingerprint density at radius 1 is 1.13 bits per heavy atom. The summed E-state index contributed by atoms with van der Waals surface area (Å²) in [4.78, 5) is -0.916. The molecule has 2 rings (SSSR count). The topological polar surface area (TPSA) is 55.4 Å². The summed E-state index contributed by atoms with van der Waals surface area (Å²) in [6.07, 6.45) is -4.87. The molecule has 0 aromatic heterocycles. The van der Waals surface area contributed by atoms with Crippen LogP contribution < -0.4 is 9.46 Å². The molecule has 0 fully saturated rings. The number of halogens is 4. The van der Waals surface area contributed by atoms with Crippen LogP contribution in [0.4, 0.5) is 18.9 Å². The maximum absolute atomic E-state index is 13.1. The van der Waals surface area contributed by atoms with Crippen molar-refractivity contribution in [1.82, 2.24) is 0 Å². The summed E-state index contributed by atoms with van der Waals surface area (Å²) in [6.45, 7) is 0. The van der Waals surface area contributed by atoms with Crippen LogP contribution in [0.3, 0.4) is 0 Å². The van der Waals surface area contributed by atoms with Crippen molar-refractivity contribution < 1.29 is 26.3 Å². The summed E-state index contributed by atoms with van der Waals surface area (Å²) in [7, 11) is -3.17. The maximum Gasteiger partial charge on any atom is 0.417 e. The quantitative estimate of drug-likeness (QED) is 0.884. The van der Waals surface area contributed by atoms with E-state index in [-0.39, 0.29) is 16.5 Å². The fourth-order valence-electron chi connectivity index (χ4n) is 1.89. The monoisotopic (exact) mass is 365 g/mol. The maximum atomic E-state index is 13.1. The molecule has 0 aliphatic heterocycles. The largest absolute Gasteiger partial charge is 0.495 e. The van der Waals surface area contributed by atoms with Crippen molar-refractivity contribution in [1.29, 1.82) is 0 Å². The van der Waals surface area contributed by atoms with Gasteiger partial charge in [0.2, 0.25) is 0 Å². The van der Waals surface area contributed by atoms with Gasteiger partial charge in [-0.3, -0.25) is 4.72 Å². The number of ether oxygens (including phenoxy) is 1. The highest BCUT2D eigenvalue weighted by atomic mass is 35.5. The van der Waals surface area contributed by atoms with Crippen LogP contribution in [0.25, 0.3) is 0 Å². The molecule has 9 heteroatoms. The Morgan fingerprint density at radius 2 is 1.78 bits per heavy atom. The zero-order chi connectivity index (χ0) is 17.3. The van der Waals surface area contributed by atoms with Crippen molar-refractivity contribution in [3.8, 4) is 5.75 Å². The molecule has 0 aliphatic rings. The Kier molecular flexibility index (Phi) is 4.76. The molecule has 124 valence electrons. The lowest BCUT2D eigenvalue weighted by Crippen LogP contribution is -2.19. The first-order valence-electron chi connectivity index (χ1n) is 6.18. The van der Waals surface area contributed by atoms with Crippen molar-refractivity contribution in [3.63, 3.8) is 0 Å². The lowest BCUT2D eigenvalue weighted by Gasteiger charge is -2.16. The Morgan fingerprint density at radius 3 is 2.39 bits per heavy atom. The number of methoxy groups -OCH3 is 1. The normalized spacial score (nSPS) is 12.0. The Hall–Kier alpha value is -1.93. The van der Waals surface area contributed by atoms with Gasteiger partial charge in [0.25, 0.3) is 10.0 Å². The predicted molar refractivity (Wildman–Crippen MR) is 80.3 cm³/mol. The smallest absolute Gasteiger partial charge is 0.417 e. The molecule has 0 aliphatic carbocycles. The zero-order valence-corrected chi connectivity index (χ0v) is 13.3. The van der Waals surface area contributed by atoms with Gasteiger partial charge in [0.1, 0.15) is 5.75 Å². The van der Waals surface area contributed by atoms with E-state index in [0.29, 0.717) is 6.07 Å². The van der Waals surface area contributed by atoms with Crippen LogP contribution in [-0.4, -0.2) is 15.5 Å². The van der Waals surface area contributed by atoms with Gasteiger partial charge in [-0.25, -0.2) is 8.42 Å². The minimum absolute atomic E-state index is 0.0260. The SMILES string of the molecule is COc1ccccc1NS(=O)(=O)c1ccc(Cl)cc1C(F)(F)F. The highest BCUT2D eigenvalue weighted by molar-refractivity contribution is 7.92. The molecule has 4 nitrogen and oxygen atoms in total. The summed E-state index contributed by atoms with van der Waals surface area (Å²) in [5.74, 6) is 0.179. The van der Waals surface area contributed by atoms with Crippen molar-refractivity contribution in [2.24, 2.45) is 0 Å². The molecule has 1 N–H and O–H groups in total. The van der Waals surface area contributed by atoms with Crippen LogP contribution in [0.15, 0.2) is 47.4 Å². The van der Waals surface area contributed by atoms with Crippen molar-refractivity contribution in [3.05, 3.63) is 53.1 Å². The predicted octanol–water partition coefficient (Wildman–Crippen LogP) is 4.17. The number of para-hydroxylation sites is 2. The van der Waals surface area contributed by atoms with Crippen molar-refractivity contribution in [2.75, 3.05) is 11.8 Å². The zero-order valence-electron chi connectivity index (χ0n) is 11.7. The summed E-state index contributed by atoms with van der Waals surface area (Å²) in [6, 6.07) is 8.42. The Balaban J connectivity index is 2.53. The van der Waals surface area contributed by atoms with Gasteiger partial charge >= 0.3 is 6.18 Å². The van der Waals surface area contributed by atoms with Crippen LogP contribution in [0.2, 0.25) is 5.02 Å². The number of sulfonamides is 1. The number of alkyl halides is 3. The van der Waals surface area contributed by atoms with Gasteiger partial charge in [-0.2, -0.15) is 13.2 Å². The second kappa shape index (κ2) is 6.29. The third kappa shape index (κ3) is 3.89. The number of nitrogens with one attached hydrogen (secondary N) is 1. The van der Waals surface area contributed by atoms with E-state index in [9.17, 15) is 21.6 Å². The Labute approximate surface area is 135 Å². The molecule has 0 unspecified atom stereocenters. The van der Waals surface area contributed by atoms with Gasteiger partial charge in [0.15, 0.2) is 0 Å². The molecule has 0 saturated carbocycles. The molecular formula is C14H11ClF3NO3S. The first kappa shape index (κ1) is 17.4. The molecule has 0 saturated heterocycles. The standard InChI is InChI=1S/C14H11ClF3NO3S/c1-22-12-5-3-2-4-11(12)19-23(20,21)13-7-6-9(15)8-10(13)14(16,17)18/h2-8,19H,1H3. The van der Waals surface area contributed by atoms with E-state index in [1.165, 1.54) is 25.3 Å². The molecule has 0 amide bonds. The highest BCUT2D eigenvalue weighted by Crippen LogP contribution is 2.37. The Bertz CT molecular complexity index is 822. The molecule has 0 atom stereocenters. The molecule has 0 spiro atoms. The minimum Gasteiger partial charge on any atom is -0.495 e. The molecular weight excluding hydrogens is 355 g/mol. The second-order valence-electron chi connectivity index (χ2n) is 4.44. The lowest BCUT2D eigenvalue weighted by atomic mass is 10.2. The van der Waals surface area contributed by atoms with Gasteiger partial charge < -0.3 is 4.74 Å². The summed E-state index contributed by atoms with van der Waals surface area (Å²) >= 11 is 5.55. The van der Waals surface area contributed by atoms with Gasteiger partial charge in [-0.05, 0) is 30.3 Å². The van der Waals surface area contributed by atoms with Crippen molar-refractivity contribution >= 4 is 27.3 Å². The first-order chi connectivity index (χ1) is 10.6. The van der Waals surface area contributed by atoms with E-state index in [2.05, 4.69) is 4.72 Å². The van der Waals surface area contributed by atoms with Gasteiger partial charge in [0.05, 0.1) is 23.3 Å². The second-order valence-corrected chi connectivity index (χ2v) is 6.53. The summed E-state index contributed by atoms with van der Waals surface area (Å²) in [5.41, 5.74) is -1.31. The molecule has 0 heterocycles. The van der Waals surface area contributed by atoms with Crippen LogP contribution in [0.5, 0.6) is 5.75 Å². The van der Waals surface area contributed by atoms with E-state index in [1.54, 1.807) is 6.07 Å². The number of rotatable bonds is 4. The summed E-state index contributed by atoms with van der Waals surface area (Å²) in [5, 5.41) is -0.214. The first-order valence-corrected chi connectivity index (χ1v) is 8.04. The fraction of sp³-hybridized carbons (Fsp3) is 0.143. The van der Waals surface area contributed by atoms with E-state index in [1.807, 2.05) is 0 Å².